The van der Waals surface area contributed by atoms with Crippen molar-refractivity contribution in [2.75, 3.05) is 26.9 Å². The molecule has 1 aliphatic heterocycles. The highest BCUT2D eigenvalue weighted by Crippen LogP contribution is 2.58. The zero-order valence-electron chi connectivity index (χ0n) is 48.3. The van der Waals surface area contributed by atoms with E-state index in [0.717, 1.165) is 30.4 Å². The van der Waals surface area contributed by atoms with Gasteiger partial charge in [0.05, 0.1) is 31.5 Å². The largest absolute Gasteiger partial charge is 0.481 e. The topological polar surface area (TPSA) is 110 Å². The SMILES string of the molecule is CCOP(=O)(OCC)C(C(=O)O)[C@@H](C[C@H](O[Si](C(C)C)(C(C)C)C(C)C)C(C)=CC=C[C@@H](C)[C@H]1C[C@@H](CCO[Si](c2ccccc2)(c2ccccc2)C(C)(C)C)C[C@H](Sc2ccccc2)O1)[C@H](C)[C@@H](OC)C(C)=CI. The summed E-state index contributed by atoms with van der Waals surface area (Å²) in [6.07, 6.45) is 8.56. The van der Waals surface area contributed by atoms with Crippen molar-refractivity contribution in [3.8, 4) is 0 Å². The number of hydrogen-bond acceptors (Lipinski definition) is 9. The predicted octanol–water partition coefficient (Wildman–Crippen LogP) is 16.3. The molecule has 3 aromatic carbocycles. The summed E-state index contributed by atoms with van der Waals surface area (Å²) in [5.41, 5.74) is 1.20. The fraction of sp³-hybridized carbons (Fsp3) is 0.590. The van der Waals surface area contributed by atoms with Crippen LogP contribution < -0.4 is 10.4 Å². The molecule has 4 rings (SSSR count). The van der Waals surface area contributed by atoms with E-state index in [0.29, 0.717) is 12.5 Å². The highest BCUT2D eigenvalue weighted by Gasteiger charge is 2.53. The molecule has 1 saturated heterocycles. The van der Waals surface area contributed by atoms with E-state index in [1.807, 2.05) is 17.9 Å². The third-order valence-corrected chi connectivity index (χ3v) is 31.5. The first-order chi connectivity index (χ1) is 35.5. The van der Waals surface area contributed by atoms with Gasteiger partial charge in [-0.05, 0) is 131 Å². The Labute approximate surface area is 474 Å². The summed E-state index contributed by atoms with van der Waals surface area (Å²) in [6.45, 7) is 33.1. The smallest absolute Gasteiger partial charge is 0.345 e. The molecule has 3 aromatic rings. The minimum atomic E-state index is -4.19. The van der Waals surface area contributed by atoms with Crippen LogP contribution in [0.2, 0.25) is 21.7 Å². The first-order valence-corrected chi connectivity index (χ1v) is 35.3. The number of carboxylic acid groups (broad SMARTS) is 1. The highest BCUT2D eigenvalue weighted by atomic mass is 127. The van der Waals surface area contributed by atoms with Gasteiger partial charge in [0.15, 0.2) is 5.66 Å². The zero-order valence-corrected chi connectivity index (χ0v) is 54.2. The van der Waals surface area contributed by atoms with E-state index in [4.69, 9.17) is 27.4 Å². The summed E-state index contributed by atoms with van der Waals surface area (Å²) in [5, 5.41) is 13.6. The quantitative estimate of drug-likeness (QED) is 0.0300. The molecule has 14 heteroatoms. The maximum absolute atomic E-state index is 14.9. The normalized spacial score (nSPS) is 20.1. The maximum atomic E-state index is 14.9. The van der Waals surface area contributed by atoms with Gasteiger partial charge in [0.1, 0.15) is 5.44 Å². The molecule has 1 N–H and O–H groups in total. The number of thioether (sulfide) groups is 1. The van der Waals surface area contributed by atoms with Crippen LogP contribution in [0.1, 0.15) is 130 Å². The van der Waals surface area contributed by atoms with Gasteiger partial charge in [-0.25, -0.2) is 0 Å². The van der Waals surface area contributed by atoms with Crippen molar-refractivity contribution in [3.63, 3.8) is 0 Å². The lowest BCUT2D eigenvalue weighted by molar-refractivity contribution is -0.139. The van der Waals surface area contributed by atoms with Crippen molar-refractivity contribution < 1.29 is 41.8 Å². The van der Waals surface area contributed by atoms with Gasteiger partial charge < -0.3 is 32.5 Å². The molecule has 75 heavy (non-hydrogen) atoms. The molecule has 0 aromatic heterocycles. The van der Waals surface area contributed by atoms with Crippen LogP contribution in [-0.2, 0) is 36.7 Å². The summed E-state index contributed by atoms with van der Waals surface area (Å²) in [5.74, 6) is -1.92. The molecule has 9 atom stereocenters. The van der Waals surface area contributed by atoms with Gasteiger partial charge >= 0.3 is 13.6 Å². The number of rotatable bonds is 30. The first kappa shape index (κ1) is 65.4. The Hall–Kier alpha value is -2.15. The van der Waals surface area contributed by atoms with Gasteiger partial charge in [0.25, 0.3) is 8.32 Å². The number of carbonyl (C=O) groups is 1. The molecule has 1 heterocycles. The summed E-state index contributed by atoms with van der Waals surface area (Å²) in [6, 6.07) is 32.3. The van der Waals surface area contributed by atoms with E-state index in [2.05, 4.69) is 208 Å². The van der Waals surface area contributed by atoms with Crippen LogP contribution in [-0.4, -0.2) is 84.0 Å². The molecule has 418 valence electrons. The van der Waals surface area contributed by atoms with Gasteiger partial charge in [-0.3, -0.25) is 9.36 Å². The average molecular weight is 1220 g/mol. The lowest BCUT2D eigenvalue weighted by Gasteiger charge is -2.46. The Morgan fingerprint density at radius 2 is 1.35 bits per heavy atom. The van der Waals surface area contributed by atoms with Gasteiger partial charge in [-0.2, -0.15) is 0 Å². The Balaban J connectivity index is 1.77. The van der Waals surface area contributed by atoms with Crippen molar-refractivity contribution in [2.45, 2.75) is 186 Å². The first-order valence-electron chi connectivity index (χ1n) is 27.5. The van der Waals surface area contributed by atoms with E-state index < -0.39 is 59.9 Å². The van der Waals surface area contributed by atoms with Crippen molar-refractivity contribution >= 4 is 74.9 Å². The summed E-state index contributed by atoms with van der Waals surface area (Å²) in [4.78, 5) is 14.9. The molecule has 0 amide bonds. The van der Waals surface area contributed by atoms with E-state index in [1.54, 1.807) is 32.7 Å². The van der Waals surface area contributed by atoms with Crippen LogP contribution in [0.5, 0.6) is 0 Å². The number of halogens is 1. The summed E-state index contributed by atoms with van der Waals surface area (Å²) in [7, 11) is -7.84. The Bertz CT molecular complexity index is 2240. The van der Waals surface area contributed by atoms with Gasteiger partial charge in [0, 0.05) is 24.5 Å². The second-order valence-electron chi connectivity index (χ2n) is 22.7. The number of carboxylic acids is 1. The lowest BCUT2D eigenvalue weighted by Crippen LogP contribution is -2.66. The molecule has 9 nitrogen and oxygen atoms in total. The molecule has 1 aliphatic rings. The molecular formula is C61H94IO9PSSi2. The fourth-order valence-electron chi connectivity index (χ4n) is 12.1. The highest BCUT2D eigenvalue weighted by molar-refractivity contribution is 14.1. The van der Waals surface area contributed by atoms with Gasteiger partial charge in [-0.15, -0.1) is 0 Å². The minimum absolute atomic E-state index is 0.0248. The molecule has 1 unspecified atom stereocenters. The number of allylic oxidation sites excluding steroid dienone is 2. The van der Waals surface area contributed by atoms with Crippen molar-refractivity contribution in [1.29, 1.82) is 0 Å². The molecule has 0 saturated carbocycles. The van der Waals surface area contributed by atoms with Crippen molar-refractivity contribution in [3.05, 3.63) is 124 Å². The van der Waals surface area contributed by atoms with E-state index in [9.17, 15) is 14.5 Å². The third-order valence-electron chi connectivity index (χ3n) is 15.7. The predicted molar refractivity (Wildman–Crippen MR) is 328 cm³/mol. The third kappa shape index (κ3) is 16.7. The standard InChI is InChI=1S/C61H94IO9PSSi2/c1-17-67-72(65,68-18-2)59(60(63)64)54(49(12)58(66-16)48(11)42-62)41-56(71-74(43(3)4,44(5)6)45(7)8)47(10)30-28-29-46(9)55-39-50(40-57(70-55)73-51-31-22-19-23-32-51)37-38-69-75(61(13,14)15,52-33-24-20-25-34-52)53-35-26-21-27-36-53/h19-36,42-46,49-50,54-59H,17-18,37-41H2,1-16H3,(H,63,64)/t46-,49+,50-,54+,55-,56+,57+,58+,59?/m1/s1. The van der Waals surface area contributed by atoms with E-state index in [1.165, 1.54) is 15.3 Å². The van der Waals surface area contributed by atoms with Gasteiger partial charge in [-0.1, -0.05) is 208 Å². The van der Waals surface area contributed by atoms with Crippen LogP contribution in [0.3, 0.4) is 0 Å². The Kier molecular flexibility index (Phi) is 26.5. The summed E-state index contributed by atoms with van der Waals surface area (Å²) >= 11 is 4.00. The zero-order chi connectivity index (χ0) is 55.7. The minimum Gasteiger partial charge on any atom is -0.481 e. The number of ether oxygens (including phenoxy) is 2. The van der Waals surface area contributed by atoms with E-state index >= 15 is 0 Å². The number of hydrogen-bond donors (Lipinski definition) is 1. The average Bonchev–Trinajstić information content (AvgIpc) is 3.36. The Morgan fingerprint density at radius 1 is 0.827 bits per heavy atom. The van der Waals surface area contributed by atoms with E-state index in [-0.39, 0.29) is 58.8 Å². The molecule has 1 fully saturated rings. The second-order valence-corrected chi connectivity index (χ2v) is 36.4. The van der Waals surface area contributed by atoms with Crippen LogP contribution >= 0.6 is 41.9 Å². The van der Waals surface area contributed by atoms with Crippen LogP contribution in [0.25, 0.3) is 0 Å². The fourth-order valence-corrected chi connectivity index (χ4v) is 26.1. The van der Waals surface area contributed by atoms with Crippen molar-refractivity contribution in [1.82, 2.24) is 0 Å². The number of methoxy groups -OCH3 is 1. The van der Waals surface area contributed by atoms with Gasteiger partial charge in [0.2, 0.25) is 8.32 Å². The Morgan fingerprint density at radius 3 is 1.80 bits per heavy atom. The van der Waals surface area contributed by atoms with Crippen LogP contribution in [0, 0.1) is 23.7 Å². The molecule has 0 spiro atoms. The molecule has 0 bridgehead atoms. The molecule has 0 aliphatic carbocycles. The number of benzene rings is 3. The molecule has 0 radical (unpaired) electrons. The van der Waals surface area contributed by atoms with Crippen molar-refractivity contribution in [2.24, 2.45) is 23.7 Å². The monoisotopic (exact) mass is 1220 g/mol. The van der Waals surface area contributed by atoms with Crippen LogP contribution in [0.15, 0.2) is 129 Å². The summed E-state index contributed by atoms with van der Waals surface area (Å²) < 4.78 is 56.9. The second kappa shape index (κ2) is 30.4. The molecular weight excluding hydrogens is 1120 g/mol. The number of aliphatic carboxylic acids is 1. The van der Waals surface area contributed by atoms with Crippen LogP contribution in [0.4, 0.5) is 0 Å². The maximum Gasteiger partial charge on any atom is 0.345 e. The lowest BCUT2D eigenvalue weighted by atomic mass is 9.79.